The number of carbonyl (C=O) groups is 1. The number of aryl methyl sites for hydroxylation is 1. The van der Waals surface area contributed by atoms with E-state index in [1.807, 2.05) is 49.4 Å². The van der Waals surface area contributed by atoms with Crippen molar-refractivity contribution in [2.24, 2.45) is 0 Å². The largest absolute Gasteiger partial charge is 0.492 e. The van der Waals surface area contributed by atoms with Crippen molar-refractivity contribution in [1.82, 2.24) is 5.32 Å². The molecule has 0 fully saturated rings. The third-order valence-corrected chi connectivity index (χ3v) is 5.80. The molecule has 6 nitrogen and oxygen atoms in total. The van der Waals surface area contributed by atoms with Crippen LogP contribution in [-0.4, -0.2) is 33.7 Å². The van der Waals surface area contributed by atoms with Crippen molar-refractivity contribution in [3.8, 4) is 5.75 Å². The molecule has 0 bridgehead atoms. The number of amides is 1. The van der Waals surface area contributed by atoms with Crippen molar-refractivity contribution in [2.75, 3.05) is 23.7 Å². The van der Waals surface area contributed by atoms with Crippen molar-refractivity contribution in [3.05, 3.63) is 95.6 Å². The Bertz CT molecular complexity index is 1100. The van der Waals surface area contributed by atoms with Crippen molar-refractivity contribution in [2.45, 2.75) is 13.5 Å². The average molecular weight is 439 g/mol. The summed E-state index contributed by atoms with van der Waals surface area (Å²) < 4.78 is 31.5. The zero-order valence-corrected chi connectivity index (χ0v) is 18.4. The fourth-order valence-electron chi connectivity index (χ4n) is 2.99. The second-order valence-corrected chi connectivity index (χ2v) is 9.13. The molecule has 31 heavy (non-hydrogen) atoms. The van der Waals surface area contributed by atoms with Gasteiger partial charge in [-0.1, -0.05) is 48.0 Å². The number of sulfonamides is 1. The monoisotopic (exact) mass is 438 g/mol. The number of hydrogen-bond acceptors (Lipinski definition) is 4. The molecule has 7 heteroatoms. The molecule has 0 atom stereocenters. The molecule has 3 rings (SSSR count). The van der Waals surface area contributed by atoms with Crippen molar-refractivity contribution >= 4 is 21.6 Å². The van der Waals surface area contributed by atoms with Gasteiger partial charge in [0.25, 0.3) is 5.91 Å². The molecule has 0 spiro atoms. The molecule has 1 N–H and O–H groups in total. The molecule has 0 aromatic heterocycles. The van der Waals surface area contributed by atoms with Gasteiger partial charge in [0.1, 0.15) is 12.4 Å². The Morgan fingerprint density at radius 1 is 0.935 bits per heavy atom. The Kier molecular flexibility index (Phi) is 7.31. The fourth-order valence-corrected chi connectivity index (χ4v) is 3.88. The van der Waals surface area contributed by atoms with Crippen LogP contribution >= 0.6 is 0 Å². The van der Waals surface area contributed by atoms with E-state index in [9.17, 15) is 13.2 Å². The molecule has 0 radical (unpaired) electrons. The number of benzene rings is 3. The molecule has 0 aliphatic heterocycles. The number of rotatable bonds is 9. The first-order chi connectivity index (χ1) is 14.8. The SMILES string of the molecule is Cc1ccc(N(Cc2ccc(C(=O)NCCOc3ccccc3)cc2)S(C)(=O)=O)cc1. The summed E-state index contributed by atoms with van der Waals surface area (Å²) in [6.07, 6.45) is 1.19. The van der Waals surface area contributed by atoms with Crippen LogP contribution in [0.25, 0.3) is 0 Å². The predicted octanol–water partition coefficient (Wildman–Crippen LogP) is 3.77. The maximum atomic E-state index is 12.3. The zero-order valence-electron chi connectivity index (χ0n) is 17.6. The highest BCUT2D eigenvalue weighted by molar-refractivity contribution is 7.92. The van der Waals surface area contributed by atoms with E-state index in [2.05, 4.69) is 5.32 Å². The minimum absolute atomic E-state index is 0.189. The van der Waals surface area contributed by atoms with Crippen LogP contribution < -0.4 is 14.4 Å². The summed E-state index contributed by atoms with van der Waals surface area (Å²) >= 11 is 0. The van der Waals surface area contributed by atoms with Gasteiger partial charge in [0.2, 0.25) is 10.0 Å². The summed E-state index contributed by atoms with van der Waals surface area (Å²) in [5.41, 5.74) is 2.95. The van der Waals surface area contributed by atoms with E-state index in [1.165, 1.54) is 10.6 Å². The van der Waals surface area contributed by atoms with Gasteiger partial charge in [0.15, 0.2) is 0 Å². The Morgan fingerprint density at radius 2 is 1.58 bits per heavy atom. The number of hydrogen-bond donors (Lipinski definition) is 1. The van der Waals surface area contributed by atoms with Crippen LogP contribution in [0.1, 0.15) is 21.5 Å². The number of para-hydroxylation sites is 1. The molecule has 3 aromatic carbocycles. The van der Waals surface area contributed by atoms with Gasteiger partial charge in [-0.3, -0.25) is 9.10 Å². The number of anilines is 1. The first-order valence-electron chi connectivity index (χ1n) is 9.92. The number of nitrogens with one attached hydrogen (secondary N) is 1. The summed E-state index contributed by atoms with van der Waals surface area (Å²) in [4.78, 5) is 12.3. The van der Waals surface area contributed by atoms with Gasteiger partial charge in [-0.25, -0.2) is 8.42 Å². The summed E-state index contributed by atoms with van der Waals surface area (Å²) in [6.45, 7) is 2.89. The van der Waals surface area contributed by atoms with Crippen LogP contribution in [0, 0.1) is 6.92 Å². The molecule has 3 aromatic rings. The van der Waals surface area contributed by atoms with Gasteiger partial charge >= 0.3 is 0 Å². The average Bonchev–Trinajstić information content (AvgIpc) is 2.76. The second-order valence-electron chi connectivity index (χ2n) is 7.22. The van der Waals surface area contributed by atoms with E-state index in [0.717, 1.165) is 16.9 Å². The highest BCUT2D eigenvalue weighted by Crippen LogP contribution is 2.21. The highest BCUT2D eigenvalue weighted by Gasteiger charge is 2.18. The molecular weight excluding hydrogens is 412 g/mol. The van der Waals surface area contributed by atoms with Crippen molar-refractivity contribution in [1.29, 1.82) is 0 Å². The molecule has 0 unspecified atom stereocenters. The number of carbonyl (C=O) groups excluding carboxylic acids is 1. The fraction of sp³-hybridized carbons (Fsp3) is 0.208. The normalized spacial score (nSPS) is 11.0. The first-order valence-corrected chi connectivity index (χ1v) is 11.8. The summed E-state index contributed by atoms with van der Waals surface area (Å²) in [5, 5.41) is 2.81. The van der Waals surface area contributed by atoms with Crippen LogP contribution in [0.2, 0.25) is 0 Å². The molecule has 0 aliphatic carbocycles. The third-order valence-electron chi connectivity index (χ3n) is 4.66. The lowest BCUT2D eigenvalue weighted by Crippen LogP contribution is -2.29. The minimum atomic E-state index is -3.45. The van der Waals surface area contributed by atoms with E-state index in [4.69, 9.17) is 4.74 Å². The standard InChI is InChI=1S/C24H26N2O4S/c1-19-8-14-22(15-9-19)26(31(2,28)29)18-20-10-12-21(13-11-20)24(27)25-16-17-30-23-6-4-3-5-7-23/h3-15H,16-18H2,1-2H3,(H,25,27). The molecule has 0 saturated heterocycles. The molecule has 0 aliphatic rings. The van der Waals surface area contributed by atoms with E-state index >= 15 is 0 Å². The smallest absolute Gasteiger partial charge is 0.251 e. The van der Waals surface area contributed by atoms with Gasteiger partial charge in [-0.2, -0.15) is 0 Å². The minimum Gasteiger partial charge on any atom is -0.492 e. The van der Waals surface area contributed by atoms with Crippen LogP contribution in [0.3, 0.4) is 0 Å². The lowest BCUT2D eigenvalue weighted by Gasteiger charge is -2.22. The summed E-state index contributed by atoms with van der Waals surface area (Å²) in [6, 6.07) is 23.6. The Balaban J connectivity index is 1.58. The van der Waals surface area contributed by atoms with E-state index < -0.39 is 10.0 Å². The van der Waals surface area contributed by atoms with E-state index in [0.29, 0.717) is 24.4 Å². The first kappa shape index (κ1) is 22.4. The lowest BCUT2D eigenvalue weighted by molar-refractivity contribution is 0.0947. The molecule has 1 amide bonds. The Hall–Kier alpha value is -3.32. The van der Waals surface area contributed by atoms with E-state index in [-0.39, 0.29) is 12.5 Å². The lowest BCUT2D eigenvalue weighted by atomic mass is 10.1. The number of nitrogens with zero attached hydrogens (tertiary/aromatic N) is 1. The van der Waals surface area contributed by atoms with E-state index in [1.54, 1.807) is 36.4 Å². The van der Waals surface area contributed by atoms with Crippen LogP contribution in [0.15, 0.2) is 78.9 Å². The van der Waals surface area contributed by atoms with Gasteiger partial charge < -0.3 is 10.1 Å². The molecular formula is C24H26N2O4S. The maximum absolute atomic E-state index is 12.3. The van der Waals surface area contributed by atoms with Gasteiger partial charge in [0, 0.05) is 5.56 Å². The zero-order chi connectivity index (χ0) is 22.3. The van der Waals surface area contributed by atoms with Crippen LogP contribution in [0.5, 0.6) is 5.75 Å². The predicted molar refractivity (Wildman–Crippen MR) is 123 cm³/mol. The topological polar surface area (TPSA) is 75.7 Å². The van der Waals surface area contributed by atoms with Crippen molar-refractivity contribution < 1.29 is 17.9 Å². The Morgan fingerprint density at radius 3 is 2.19 bits per heavy atom. The van der Waals surface area contributed by atoms with Gasteiger partial charge in [-0.15, -0.1) is 0 Å². The van der Waals surface area contributed by atoms with Crippen LogP contribution in [-0.2, 0) is 16.6 Å². The molecule has 0 saturated carbocycles. The Labute approximate surface area is 183 Å². The maximum Gasteiger partial charge on any atom is 0.251 e. The summed E-state index contributed by atoms with van der Waals surface area (Å²) in [7, 11) is -3.45. The van der Waals surface area contributed by atoms with Crippen LogP contribution in [0.4, 0.5) is 5.69 Å². The third kappa shape index (κ3) is 6.58. The van der Waals surface area contributed by atoms with Gasteiger partial charge in [0.05, 0.1) is 25.0 Å². The number of ether oxygens (including phenoxy) is 1. The molecule has 162 valence electrons. The second kappa shape index (κ2) is 10.1. The quantitative estimate of drug-likeness (QED) is 0.516. The van der Waals surface area contributed by atoms with Gasteiger partial charge in [-0.05, 0) is 48.9 Å². The molecule has 0 heterocycles. The summed E-state index contributed by atoms with van der Waals surface area (Å²) in [5.74, 6) is 0.548. The van der Waals surface area contributed by atoms with Crippen molar-refractivity contribution in [3.63, 3.8) is 0 Å². The highest BCUT2D eigenvalue weighted by atomic mass is 32.2.